The largest absolute Gasteiger partial charge is 0.395 e. The molecule has 0 amide bonds. The Hall–Kier alpha value is -1.44. The fourth-order valence-corrected chi connectivity index (χ4v) is 1.91. The first-order valence-electron chi connectivity index (χ1n) is 4.98. The molecule has 2 rings (SSSR count). The van der Waals surface area contributed by atoms with Crippen molar-refractivity contribution in [2.24, 2.45) is 0 Å². The number of nitrogens with one attached hydrogen (secondary N) is 3. The van der Waals surface area contributed by atoms with Crippen molar-refractivity contribution in [2.45, 2.75) is 24.6 Å². The molecule has 3 atom stereocenters. The standard InChI is InChI=1S/C9H13N3O4/c13-3-6-7(14)1-5(11-6)4-2-10-9(16)12-8(4)15/h2,5-7,11,13-14H,1,3H2,(H2,10,12,15,16)/t5-,6-,7-/m0/s1. The molecule has 0 bridgehead atoms. The van der Waals surface area contributed by atoms with Crippen LogP contribution in [0.2, 0.25) is 0 Å². The molecule has 16 heavy (non-hydrogen) atoms. The molecule has 1 saturated heterocycles. The molecule has 7 heteroatoms. The number of aromatic amines is 2. The third-order valence-corrected chi connectivity index (χ3v) is 2.78. The summed E-state index contributed by atoms with van der Waals surface area (Å²) in [6, 6.07) is -0.788. The maximum Gasteiger partial charge on any atom is 0.325 e. The summed E-state index contributed by atoms with van der Waals surface area (Å²) in [6.45, 7) is -0.196. The molecule has 0 spiro atoms. The van der Waals surface area contributed by atoms with Crippen LogP contribution in [0.25, 0.3) is 0 Å². The highest BCUT2D eigenvalue weighted by atomic mass is 16.3. The van der Waals surface area contributed by atoms with Gasteiger partial charge in [0.05, 0.1) is 24.3 Å². The normalized spacial score (nSPS) is 29.5. The van der Waals surface area contributed by atoms with E-state index in [9.17, 15) is 14.7 Å². The predicted octanol–water partition coefficient (Wildman–Crippen LogP) is -2.18. The number of aromatic nitrogens is 2. The van der Waals surface area contributed by atoms with Gasteiger partial charge in [0.2, 0.25) is 0 Å². The second-order valence-electron chi connectivity index (χ2n) is 3.84. The fraction of sp³-hybridized carbons (Fsp3) is 0.556. The van der Waals surface area contributed by atoms with Gasteiger partial charge in [-0.3, -0.25) is 9.78 Å². The number of aliphatic hydroxyl groups excluding tert-OH is 2. The summed E-state index contributed by atoms with van der Waals surface area (Å²) in [5, 5.41) is 21.4. The monoisotopic (exact) mass is 227 g/mol. The van der Waals surface area contributed by atoms with Gasteiger partial charge in [-0.05, 0) is 6.42 Å². The molecule has 7 nitrogen and oxygen atoms in total. The van der Waals surface area contributed by atoms with E-state index >= 15 is 0 Å². The van der Waals surface area contributed by atoms with E-state index in [-0.39, 0.29) is 12.6 Å². The molecule has 0 aliphatic carbocycles. The maximum atomic E-state index is 11.5. The summed E-state index contributed by atoms with van der Waals surface area (Å²) in [5.74, 6) is 0. The van der Waals surface area contributed by atoms with Crippen molar-refractivity contribution in [2.75, 3.05) is 6.61 Å². The molecule has 0 saturated carbocycles. The van der Waals surface area contributed by atoms with Crippen molar-refractivity contribution in [3.05, 3.63) is 32.6 Å². The van der Waals surface area contributed by atoms with E-state index in [4.69, 9.17) is 5.11 Å². The van der Waals surface area contributed by atoms with Gasteiger partial charge in [0.15, 0.2) is 0 Å². The van der Waals surface area contributed by atoms with Crippen LogP contribution in [0.4, 0.5) is 0 Å². The predicted molar refractivity (Wildman–Crippen MR) is 55.1 cm³/mol. The first kappa shape index (κ1) is 11.1. The zero-order valence-corrected chi connectivity index (χ0v) is 8.43. The molecule has 2 heterocycles. The lowest BCUT2D eigenvalue weighted by atomic mass is 10.1. The minimum absolute atomic E-state index is 0.196. The topological polar surface area (TPSA) is 118 Å². The summed E-state index contributed by atoms with van der Waals surface area (Å²) in [5.41, 5.74) is -0.687. The van der Waals surface area contributed by atoms with Crippen molar-refractivity contribution in [3.8, 4) is 0 Å². The minimum atomic E-state index is -0.693. The first-order valence-corrected chi connectivity index (χ1v) is 4.98. The highest BCUT2D eigenvalue weighted by molar-refractivity contribution is 5.13. The van der Waals surface area contributed by atoms with Crippen molar-refractivity contribution < 1.29 is 10.2 Å². The van der Waals surface area contributed by atoms with Crippen molar-refractivity contribution >= 4 is 0 Å². The van der Waals surface area contributed by atoms with Crippen molar-refractivity contribution in [1.82, 2.24) is 15.3 Å². The zero-order chi connectivity index (χ0) is 11.7. The van der Waals surface area contributed by atoms with E-state index in [1.807, 2.05) is 0 Å². The molecule has 5 N–H and O–H groups in total. The van der Waals surface area contributed by atoms with Crippen LogP contribution < -0.4 is 16.6 Å². The van der Waals surface area contributed by atoms with Gasteiger partial charge >= 0.3 is 5.69 Å². The lowest BCUT2D eigenvalue weighted by molar-refractivity contribution is 0.121. The number of hydrogen-bond donors (Lipinski definition) is 5. The molecule has 0 aromatic carbocycles. The Bertz CT molecular complexity index is 480. The van der Waals surface area contributed by atoms with Gasteiger partial charge < -0.3 is 20.5 Å². The molecule has 0 unspecified atom stereocenters. The van der Waals surface area contributed by atoms with Gasteiger partial charge in [-0.25, -0.2) is 4.79 Å². The summed E-state index contributed by atoms with van der Waals surface area (Å²) in [4.78, 5) is 26.8. The lowest BCUT2D eigenvalue weighted by Gasteiger charge is -2.11. The van der Waals surface area contributed by atoms with E-state index in [0.29, 0.717) is 12.0 Å². The van der Waals surface area contributed by atoms with Crippen LogP contribution in [0.3, 0.4) is 0 Å². The average molecular weight is 227 g/mol. The number of aliphatic hydroxyl groups is 2. The maximum absolute atomic E-state index is 11.5. The number of H-pyrrole nitrogens is 2. The second kappa shape index (κ2) is 4.20. The molecular formula is C9H13N3O4. The zero-order valence-electron chi connectivity index (χ0n) is 8.43. The third-order valence-electron chi connectivity index (χ3n) is 2.78. The van der Waals surface area contributed by atoms with E-state index in [2.05, 4.69) is 15.3 Å². The van der Waals surface area contributed by atoms with Crippen LogP contribution in [-0.2, 0) is 0 Å². The Morgan fingerprint density at radius 1 is 1.44 bits per heavy atom. The number of hydrogen-bond acceptors (Lipinski definition) is 5. The molecule has 0 radical (unpaired) electrons. The Labute approximate surface area is 90.2 Å². The van der Waals surface area contributed by atoms with Crippen molar-refractivity contribution in [3.63, 3.8) is 0 Å². The van der Waals surface area contributed by atoms with E-state index in [1.54, 1.807) is 0 Å². The highest BCUT2D eigenvalue weighted by Crippen LogP contribution is 2.23. The van der Waals surface area contributed by atoms with Gasteiger partial charge in [-0.2, -0.15) is 0 Å². The van der Waals surface area contributed by atoms with Crippen LogP contribution in [0.15, 0.2) is 15.8 Å². The third kappa shape index (κ3) is 1.92. The summed E-state index contributed by atoms with van der Waals surface area (Å²) >= 11 is 0. The Morgan fingerprint density at radius 3 is 2.75 bits per heavy atom. The minimum Gasteiger partial charge on any atom is -0.395 e. The molecular weight excluding hydrogens is 214 g/mol. The molecule has 1 aliphatic rings. The second-order valence-corrected chi connectivity index (χ2v) is 3.84. The first-order chi connectivity index (χ1) is 7.61. The van der Waals surface area contributed by atoms with Crippen LogP contribution in [0, 0.1) is 0 Å². The van der Waals surface area contributed by atoms with Gasteiger partial charge in [-0.15, -0.1) is 0 Å². The van der Waals surface area contributed by atoms with Gasteiger partial charge in [0.25, 0.3) is 5.56 Å². The molecule has 1 fully saturated rings. The lowest BCUT2D eigenvalue weighted by Crippen LogP contribution is -2.36. The Morgan fingerprint density at radius 2 is 2.19 bits per heavy atom. The van der Waals surface area contributed by atoms with E-state index < -0.39 is 23.4 Å². The van der Waals surface area contributed by atoms with Gasteiger partial charge in [0, 0.05) is 12.2 Å². The SMILES string of the molecule is O=c1[nH]cc([C@@H]2C[C@H](O)[C@H](CO)N2)c(=O)[nH]1. The molecule has 88 valence electrons. The van der Waals surface area contributed by atoms with Gasteiger partial charge in [-0.1, -0.05) is 0 Å². The van der Waals surface area contributed by atoms with E-state index in [0.717, 1.165) is 0 Å². The molecule has 1 aromatic heterocycles. The van der Waals surface area contributed by atoms with E-state index in [1.165, 1.54) is 6.20 Å². The van der Waals surface area contributed by atoms with Crippen LogP contribution in [0.5, 0.6) is 0 Å². The molecule has 1 aromatic rings. The van der Waals surface area contributed by atoms with Crippen LogP contribution in [0.1, 0.15) is 18.0 Å². The summed E-state index contributed by atoms with van der Waals surface area (Å²) in [6.07, 6.45) is 0.965. The smallest absolute Gasteiger partial charge is 0.325 e. The van der Waals surface area contributed by atoms with Crippen molar-refractivity contribution in [1.29, 1.82) is 0 Å². The summed E-state index contributed by atoms with van der Waals surface area (Å²) in [7, 11) is 0. The van der Waals surface area contributed by atoms with Crippen LogP contribution >= 0.6 is 0 Å². The Kier molecular flexibility index (Phi) is 2.90. The van der Waals surface area contributed by atoms with Gasteiger partial charge in [0.1, 0.15) is 0 Å². The number of rotatable bonds is 2. The van der Waals surface area contributed by atoms with Crippen LogP contribution in [-0.4, -0.2) is 38.9 Å². The molecule has 1 aliphatic heterocycles. The average Bonchev–Trinajstić information content (AvgIpc) is 2.59. The fourth-order valence-electron chi connectivity index (χ4n) is 1.91. The quantitative estimate of drug-likeness (QED) is 0.393. The highest BCUT2D eigenvalue weighted by Gasteiger charge is 2.33. The Balaban J connectivity index is 2.27. The summed E-state index contributed by atoms with van der Waals surface area (Å²) < 4.78 is 0.